The predicted molar refractivity (Wildman–Crippen MR) is 50.3 cm³/mol. The monoisotopic (exact) mass is 203 g/mol. The van der Waals surface area contributed by atoms with Crippen molar-refractivity contribution in [1.82, 2.24) is 5.32 Å². The van der Waals surface area contributed by atoms with Crippen molar-refractivity contribution in [3.05, 3.63) is 0 Å². The minimum atomic E-state index is -0.868. The Kier molecular flexibility index (Phi) is 4.31. The van der Waals surface area contributed by atoms with E-state index >= 15 is 0 Å². The number of ether oxygens (including phenoxy) is 2. The zero-order valence-electron chi connectivity index (χ0n) is 8.53. The van der Waals surface area contributed by atoms with E-state index in [1.165, 1.54) is 7.11 Å². The first-order valence-corrected chi connectivity index (χ1v) is 4.68. The number of hydrogen-bond acceptors (Lipinski definition) is 4. The Labute approximate surface area is 83.4 Å². The predicted octanol–water partition coefficient (Wildman–Crippen LogP) is -0.147. The molecule has 0 aliphatic heterocycles. The van der Waals surface area contributed by atoms with Crippen molar-refractivity contribution >= 4 is 5.97 Å². The lowest BCUT2D eigenvalue weighted by molar-refractivity contribution is -0.141. The molecule has 1 atom stereocenters. The molecule has 0 aromatic rings. The summed E-state index contributed by atoms with van der Waals surface area (Å²) in [4.78, 5) is 10.7. The fraction of sp³-hybridized carbons (Fsp3) is 0.889. The second kappa shape index (κ2) is 5.29. The lowest BCUT2D eigenvalue weighted by atomic mass is 9.88. The molecule has 0 saturated heterocycles. The van der Waals surface area contributed by atoms with Gasteiger partial charge < -0.3 is 14.6 Å². The summed E-state index contributed by atoms with van der Waals surface area (Å²) >= 11 is 0. The van der Waals surface area contributed by atoms with Crippen LogP contribution in [-0.4, -0.2) is 50.1 Å². The largest absolute Gasteiger partial charge is 0.480 e. The number of methoxy groups -OCH3 is 2. The lowest BCUT2D eigenvalue weighted by Crippen LogP contribution is -2.53. The molecule has 5 nitrogen and oxygen atoms in total. The van der Waals surface area contributed by atoms with Gasteiger partial charge in [-0.2, -0.15) is 0 Å². The van der Waals surface area contributed by atoms with Crippen LogP contribution in [0.3, 0.4) is 0 Å². The maximum atomic E-state index is 10.7. The van der Waals surface area contributed by atoms with Gasteiger partial charge in [0.25, 0.3) is 0 Å². The normalized spacial score (nSPS) is 28.1. The summed E-state index contributed by atoms with van der Waals surface area (Å²) in [7, 11) is 3.17. The molecule has 0 aromatic heterocycles. The summed E-state index contributed by atoms with van der Waals surface area (Å²) in [6, 6.07) is -0.362. The molecule has 0 spiro atoms. The van der Waals surface area contributed by atoms with E-state index in [1.54, 1.807) is 7.11 Å². The van der Waals surface area contributed by atoms with Crippen molar-refractivity contribution < 1.29 is 19.4 Å². The van der Waals surface area contributed by atoms with Crippen molar-refractivity contribution in [2.45, 2.75) is 31.0 Å². The number of aliphatic carboxylic acids is 1. The van der Waals surface area contributed by atoms with Gasteiger partial charge in [0.15, 0.2) is 0 Å². The highest BCUT2D eigenvalue weighted by molar-refractivity contribution is 5.73. The van der Waals surface area contributed by atoms with Gasteiger partial charge in [-0.1, -0.05) is 0 Å². The van der Waals surface area contributed by atoms with Crippen molar-refractivity contribution in [2.75, 3.05) is 20.8 Å². The fourth-order valence-corrected chi connectivity index (χ4v) is 1.54. The van der Waals surface area contributed by atoms with E-state index < -0.39 is 12.0 Å². The molecule has 1 unspecified atom stereocenters. The molecule has 82 valence electrons. The smallest absolute Gasteiger partial charge is 0.323 e. The highest BCUT2D eigenvalue weighted by Crippen LogP contribution is 2.22. The van der Waals surface area contributed by atoms with Gasteiger partial charge in [-0.15, -0.1) is 0 Å². The Balaban J connectivity index is 2.24. The molecule has 1 aliphatic carbocycles. The van der Waals surface area contributed by atoms with Crippen LogP contribution in [0.25, 0.3) is 0 Å². The van der Waals surface area contributed by atoms with Crippen LogP contribution in [0.2, 0.25) is 0 Å². The number of carboxylic acids is 1. The maximum absolute atomic E-state index is 10.7. The van der Waals surface area contributed by atoms with Crippen LogP contribution in [0.4, 0.5) is 0 Å². The molecule has 14 heavy (non-hydrogen) atoms. The standard InChI is InChI=1S/C9H17NO4/c1-13-5-8(9(11)12)10-6-3-7(4-6)14-2/h6-8,10H,3-5H2,1-2H3,(H,11,12). The minimum Gasteiger partial charge on any atom is -0.480 e. The zero-order valence-corrected chi connectivity index (χ0v) is 8.53. The summed E-state index contributed by atoms with van der Waals surface area (Å²) in [5.41, 5.74) is 0. The zero-order chi connectivity index (χ0) is 10.6. The number of carboxylic acid groups (broad SMARTS) is 1. The van der Waals surface area contributed by atoms with Crippen LogP contribution in [0, 0.1) is 0 Å². The van der Waals surface area contributed by atoms with Crippen LogP contribution < -0.4 is 5.32 Å². The topological polar surface area (TPSA) is 67.8 Å². The molecule has 1 aliphatic rings. The summed E-state index contributed by atoms with van der Waals surface area (Å²) in [5, 5.41) is 11.8. The molecular formula is C9H17NO4. The van der Waals surface area contributed by atoms with Crippen molar-refractivity contribution in [2.24, 2.45) is 0 Å². The number of rotatable bonds is 6. The van der Waals surface area contributed by atoms with Gasteiger partial charge >= 0.3 is 5.97 Å². The first kappa shape index (κ1) is 11.4. The van der Waals surface area contributed by atoms with Crippen molar-refractivity contribution in [1.29, 1.82) is 0 Å². The first-order valence-electron chi connectivity index (χ1n) is 4.68. The molecule has 2 N–H and O–H groups in total. The highest BCUT2D eigenvalue weighted by atomic mass is 16.5. The van der Waals surface area contributed by atoms with E-state index in [2.05, 4.69) is 5.32 Å². The van der Waals surface area contributed by atoms with Gasteiger partial charge in [0.1, 0.15) is 6.04 Å². The maximum Gasteiger partial charge on any atom is 0.323 e. The van der Waals surface area contributed by atoms with E-state index in [0.29, 0.717) is 0 Å². The van der Waals surface area contributed by atoms with E-state index in [4.69, 9.17) is 14.6 Å². The molecule has 0 amide bonds. The van der Waals surface area contributed by atoms with Crippen LogP contribution in [-0.2, 0) is 14.3 Å². The Morgan fingerprint density at radius 1 is 1.57 bits per heavy atom. The SMILES string of the molecule is COCC(NC1CC(OC)C1)C(=O)O. The molecule has 0 radical (unpaired) electrons. The van der Waals surface area contributed by atoms with E-state index in [-0.39, 0.29) is 18.8 Å². The average molecular weight is 203 g/mol. The van der Waals surface area contributed by atoms with Crippen LogP contribution >= 0.6 is 0 Å². The third kappa shape index (κ3) is 2.94. The molecular weight excluding hydrogens is 186 g/mol. The van der Waals surface area contributed by atoms with Crippen molar-refractivity contribution in [3.8, 4) is 0 Å². The van der Waals surface area contributed by atoms with Crippen LogP contribution in [0.1, 0.15) is 12.8 Å². The van der Waals surface area contributed by atoms with E-state index in [9.17, 15) is 4.79 Å². The summed E-state index contributed by atoms with van der Waals surface area (Å²) < 4.78 is 9.91. The number of nitrogens with one attached hydrogen (secondary N) is 1. The molecule has 1 fully saturated rings. The Bertz CT molecular complexity index is 191. The van der Waals surface area contributed by atoms with Gasteiger partial charge in [0.2, 0.25) is 0 Å². The number of carbonyl (C=O) groups is 1. The molecule has 5 heteroatoms. The van der Waals surface area contributed by atoms with Crippen LogP contribution in [0.5, 0.6) is 0 Å². The second-order valence-electron chi connectivity index (χ2n) is 3.54. The van der Waals surface area contributed by atoms with Gasteiger partial charge in [-0.3, -0.25) is 10.1 Å². The quantitative estimate of drug-likeness (QED) is 0.628. The van der Waals surface area contributed by atoms with Crippen LogP contribution in [0.15, 0.2) is 0 Å². The highest BCUT2D eigenvalue weighted by Gasteiger charge is 2.32. The number of hydrogen-bond donors (Lipinski definition) is 2. The molecule has 0 bridgehead atoms. The Hall–Kier alpha value is -0.650. The average Bonchev–Trinajstić information content (AvgIpc) is 2.08. The van der Waals surface area contributed by atoms with Gasteiger partial charge in [-0.25, -0.2) is 0 Å². The van der Waals surface area contributed by atoms with Gasteiger partial charge in [0.05, 0.1) is 12.7 Å². The Morgan fingerprint density at radius 3 is 2.64 bits per heavy atom. The minimum absolute atomic E-state index is 0.198. The Morgan fingerprint density at radius 2 is 2.21 bits per heavy atom. The molecule has 0 aromatic carbocycles. The summed E-state index contributed by atoms with van der Waals surface area (Å²) in [6.07, 6.45) is 2.04. The van der Waals surface area contributed by atoms with Gasteiger partial charge in [-0.05, 0) is 12.8 Å². The molecule has 1 saturated carbocycles. The fourth-order valence-electron chi connectivity index (χ4n) is 1.54. The third-order valence-corrected chi connectivity index (χ3v) is 2.50. The van der Waals surface area contributed by atoms with E-state index in [1.807, 2.05) is 0 Å². The first-order chi connectivity index (χ1) is 6.67. The summed E-state index contributed by atoms with van der Waals surface area (Å²) in [6.45, 7) is 0.198. The lowest BCUT2D eigenvalue weighted by Gasteiger charge is -2.36. The summed E-state index contributed by atoms with van der Waals surface area (Å²) in [5.74, 6) is -0.868. The van der Waals surface area contributed by atoms with Gasteiger partial charge in [0, 0.05) is 20.3 Å². The molecule has 0 heterocycles. The second-order valence-corrected chi connectivity index (χ2v) is 3.54. The third-order valence-electron chi connectivity index (χ3n) is 2.50. The van der Waals surface area contributed by atoms with E-state index in [0.717, 1.165) is 12.8 Å². The van der Waals surface area contributed by atoms with Crippen molar-refractivity contribution in [3.63, 3.8) is 0 Å². The molecule has 1 rings (SSSR count).